The molecule has 0 saturated carbocycles. The van der Waals surface area contributed by atoms with E-state index in [1.54, 1.807) is 11.3 Å². The van der Waals surface area contributed by atoms with Gasteiger partial charge in [0.1, 0.15) is 11.9 Å². The van der Waals surface area contributed by atoms with Crippen LogP contribution in [0.2, 0.25) is 0 Å². The van der Waals surface area contributed by atoms with E-state index in [1.165, 1.54) is 5.56 Å². The Balaban J connectivity index is 0.00000320. The number of thiazole rings is 1. The number of halogens is 1. The minimum absolute atomic E-state index is 0. The Morgan fingerprint density at radius 3 is 2.87 bits per heavy atom. The van der Waals surface area contributed by atoms with Crippen LogP contribution < -0.4 is 20.3 Å². The lowest BCUT2D eigenvalue weighted by Crippen LogP contribution is -2.36. The molecule has 9 heteroatoms. The monoisotopic (exact) mass is 545 g/mol. The van der Waals surface area contributed by atoms with Crippen LogP contribution in [0.15, 0.2) is 28.6 Å². The molecule has 2 N–H and O–H groups in total. The van der Waals surface area contributed by atoms with Gasteiger partial charge in [-0.25, -0.2) is 9.98 Å². The summed E-state index contributed by atoms with van der Waals surface area (Å²) < 4.78 is 11.6. The minimum atomic E-state index is 0. The third-order valence-corrected chi connectivity index (χ3v) is 5.57. The van der Waals surface area contributed by atoms with Crippen LogP contribution in [-0.4, -0.2) is 50.9 Å². The number of nitrogens with one attached hydrogen (secondary N) is 2. The highest BCUT2D eigenvalue weighted by Crippen LogP contribution is 2.24. The molecule has 1 saturated heterocycles. The molecule has 0 aliphatic carbocycles. The minimum Gasteiger partial charge on any atom is -0.488 e. The highest BCUT2D eigenvalue weighted by Gasteiger charge is 2.18. The molecular weight excluding hydrogens is 513 g/mol. The maximum Gasteiger partial charge on any atom is 0.191 e. The molecule has 0 radical (unpaired) electrons. The molecule has 2 aromatic rings. The van der Waals surface area contributed by atoms with Gasteiger partial charge in [-0.1, -0.05) is 12.1 Å². The second kappa shape index (κ2) is 12.3. The number of benzene rings is 1. The number of ether oxygens (including phenoxy) is 2. The molecule has 1 aliphatic heterocycles. The second-order valence-corrected chi connectivity index (χ2v) is 8.12. The lowest BCUT2D eigenvalue weighted by Gasteiger charge is -2.16. The number of anilines is 1. The Morgan fingerprint density at radius 1 is 1.37 bits per heavy atom. The summed E-state index contributed by atoms with van der Waals surface area (Å²) in [6.45, 7) is 7.53. The quantitative estimate of drug-likeness (QED) is 0.301. The molecule has 7 nitrogen and oxygen atoms in total. The average molecular weight is 545 g/mol. The Bertz CT molecular complexity index is 821. The molecule has 1 aromatic heterocycles. The second-order valence-electron chi connectivity index (χ2n) is 7.28. The van der Waals surface area contributed by atoms with E-state index in [9.17, 15) is 0 Å². The number of guanidine groups is 1. The summed E-state index contributed by atoms with van der Waals surface area (Å²) in [5, 5.41) is 9.74. The number of hydrogen-bond donors (Lipinski definition) is 2. The Labute approximate surface area is 200 Å². The SMILES string of the molecule is CCNC(=NCc1ccc(C)cc1OC1CCOC1)NCc1csc(N(C)C)n1.I. The summed E-state index contributed by atoms with van der Waals surface area (Å²) >= 11 is 1.64. The third-order valence-electron chi connectivity index (χ3n) is 4.52. The van der Waals surface area contributed by atoms with Crippen LogP contribution in [0.3, 0.4) is 0 Å². The Kier molecular flexibility index (Phi) is 10.1. The molecule has 0 bridgehead atoms. The maximum atomic E-state index is 6.19. The van der Waals surface area contributed by atoms with Gasteiger partial charge in [-0.2, -0.15) is 0 Å². The first-order chi connectivity index (χ1) is 14.0. The van der Waals surface area contributed by atoms with Gasteiger partial charge >= 0.3 is 0 Å². The fourth-order valence-corrected chi connectivity index (χ4v) is 3.71. The van der Waals surface area contributed by atoms with Crippen molar-refractivity contribution in [2.24, 2.45) is 4.99 Å². The van der Waals surface area contributed by atoms with Gasteiger partial charge in [-0.3, -0.25) is 0 Å². The van der Waals surface area contributed by atoms with Crippen molar-refractivity contribution >= 4 is 46.4 Å². The normalized spacial score (nSPS) is 16.1. The van der Waals surface area contributed by atoms with Crippen molar-refractivity contribution in [3.8, 4) is 5.75 Å². The lowest BCUT2D eigenvalue weighted by molar-refractivity contribution is 0.140. The standard InChI is InChI=1S/C21H31N5O2S.HI/c1-5-22-20(24-12-17-14-29-21(25-17)26(3)4)23-11-16-7-6-15(2)10-19(16)28-18-8-9-27-13-18;/h6-7,10,14,18H,5,8-9,11-13H2,1-4H3,(H2,22,23,24);1H. The zero-order valence-electron chi connectivity index (χ0n) is 18.1. The molecule has 30 heavy (non-hydrogen) atoms. The van der Waals surface area contributed by atoms with Gasteiger partial charge in [0.25, 0.3) is 0 Å². The summed E-state index contributed by atoms with van der Waals surface area (Å²) in [6.07, 6.45) is 1.06. The highest BCUT2D eigenvalue weighted by molar-refractivity contribution is 14.0. The summed E-state index contributed by atoms with van der Waals surface area (Å²) in [7, 11) is 4.00. The number of nitrogens with zero attached hydrogens (tertiary/aromatic N) is 3. The zero-order valence-corrected chi connectivity index (χ0v) is 21.3. The predicted octanol–water partition coefficient (Wildman–Crippen LogP) is 3.56. The average Bonchev–Trinajstić information content (AvgIpc) is 3.37. The zero-order chi connectivity index (χ0) is 20.6. The summed E-state index contributed by atoms with van der Waals surface area (Å²) in [5.41, 5.74) is 3.25. The Morgan fingerprint density at radius 2 is 2.20 bits per heavy atom. The van der Waals surface area contributed by atoms with Crippen LogP contribution in [-0.2, 0) is 17.8 Å². The van der Waals surface area contributed by atoms with Crippen molar-refractivity contribution in [3.63, 3.8) is 0 Å². The largest absolute Gasteiger partial charge is 0.488 e. The predicted molar refractivity (Wildman–Crippen MR) is 135 cm³/mol. The molecular formula is C21H32IN5O2S. The molecule has 1 fully saturated rings. The van der Waals surface area contributed by atoms with Crippen LogP contribution in [0, 0.1) is 6.92 Å². The van der Waals surface area contributed by atoms with Gasteiger partial charge in [0.05, 0.1) is 32.0 Å². The van der Waals surface area contributed by atoms with Gasteiger partial charge in [-0.05, 0) is 25.5 Å². The highest BCUT2D eigenvalue weighted by atomic mass is 127. The van der Waals surface area contributed by atoms with Gasteiger partial charge in [0.2, 0.25) is 0 Å². The fraction of sp³-hybridized carbons (Fsp3) is 0.524. The molecule has 1 atom stereocenters. The Hall–Kier alpha value is -1.59. The first kappa shape index (κ1) is 24.7. The fourth-order valence-electron chi connectivity index (χ4n) is 2.95. The van der Waals surface area contributed by atoms with Crippen molar-refractivity contribution in [3.05, 3.63) is 40.4 Å². The smallest absolute Gasteiger partial charge is 0.191 e. The van der Waals surface area contributed by atoms with Gasteiger partial charge in [-0.15, -0.1) is 35.3 Å². The number of aromatic nitrogens is 1. The van der Waals surface area contributed by atoms with E-state index in [-0.39, 0.29) is 30.1 Å². The number of aliphatic imine (C=N–C) groups is 1. The van der Waals surface area contributed by atoms with Crippen LogP contribution in [0.4, 0.5) is 5.13 Å². The van der Waals surface area contributed by atoms with E-state index < -0.39 is 0 Å². The molecule has 1 unspecified atom stereocenters. The van der Waals surface area contributed by atoms with Crippen molar-refractivity contribution in [2.75, 3.05) is 38.8 Å². The first-order valence-electron chi connectivity index (χ1n) is 10.0. The van der Waals surface area contributed by atoms with Crippen LogP contribution in [0.1, 0.15) is 30.2 Å². The van der Waals surface area contributed by atoms with E-state index in [4.69, 9.17) is 14.5 Å². The van der Waals surface area contributed by atoms with Crippen molar-refractivity contribution in [1.29, 1.82) is 0 Å². The van der Waals surface area contributed by atoms with Crippen LogP contribution >= 0.6 is 35.3 Å². The van der Waals surface area contributed by atoms with Crippen LogP contribution in [0.5, 0.6) is 5.75 Å². The number of rotatable bonds is 8. The van der Waals surface area contributed by atoms with E-state index >= 15 is 0 Å². The van der Waals surface area contributed by atoms with Crippen molar-refractivity contribution in [2.45, 2.75) is 39.5 Å². The van der Waals surface area contributed by atoms with Gasteiger partial charge in [0, 0.05) is 38.0 Å². The van der Waals surface area contributed by atoms with Gasteiger partial charge < -0.3 is 25.0 Å². The van der Waals surface area contributed by atoms with E-state index in [0.717, 1.165) is 47.7 Å². The molecule has 0 spiro atoms. The van der Waals surface area contributed by atoms with E-state index in [0.29, 0.717) is 19.7 Å². The lowest BCUT2D eigenvalue weighted by atomic mass is 10.1. The number of hydrogen-bond acceptors (Lipinski definition) is 6. The van der Waals surface area contributed by atoms with Crippen molar-refractivity contribution < 1.29 is 9.47 Å². The molecule has 3 rings (SSSR count). The topological polar surface area (TPSA) is 71.0 Å². The third kappa shape index (κ3) is 7.28. The maximum absolute atomic E-state index is 6.19. The van der Waals surface area contributed by atoms with E-state index in [1.807, 2.05) is 19.0 Å². The summed E-state index contributed by atoms with van der Waals surface area (Å²) in [5.74, 6) is 1.66. The molecule has 0 amide bonds. The van der Waals surface area contributed by atoms with Crippen LogP contribution in [0.25, 0.3) is 0 Å². The molecule has 1 aromatic carbocycles. The summed E-state index contributed by atoms with van der Waals surface area (Å²) in [4.78, 5) is 11.4. The van der Waals surface area contributed by atoms with E-state index in [2.05, 4.69) is 53.0 Å². The number of aryl methyl sites for hydroxylation is 1. The molecule has 2 heterocycles. The molecule has 166 valence electrons. The molecule has 1 aliphatic rings. The van der Waals surface area contributed by atoms with Gasteiger partial charge in [0.15, 0.2) is 11.1 Å². The first-order valence-corrected chi connectivity index (χ1v) is 10.9. The van der Waals surface area contributed by atoms with Crippen molar-refractivity contribution in [1.82, 2.24) is 15.6 Å². The summed E-state index contributed by atoms with van der Waals surface area (Å²) in [6, 6.07) is 6.28.